The molecule has 0 aliphatic carbocycles. The van der Waals surface area contributed by atoms with Gasteiger partial charge in [-0.2, -0.15) is 0 Å². The van der Waals surface area contributed by atoms with Crippen LogP contribution in [-0.4, -0.2) is 76.1 Å². The smallest absolute Gasteiger partial charge is 0.314 e. The molecule has 0 aromatic rings. The molecule has 5 nitrogen and oxygen atoms in total. The highest BCUT2D eigenvalue weighted by Gasteiger charge is 2.14. The highest BCUT2D eigenvalue weighted by molar-refractivity contribution is 7.44. The highest BCUT2D eigenvalue weighted by atomic mass is 31.1. The fraction of sp³-hybridized carbons (Fsp3) is 1.00. The molecule has 0 saturated carbocycles. The van der Waals surface area contributed by atoms with Crippen LogP contribution in [-0.2, 0) is 4.57 Å². The predicted molar refractivity (Wildman–Crippen MR) is 78.1 cm³/mol. The molecule has 106 valence electrons. The van der Waals surface area contributed by atoms with Crippen LogP contribution in [0.25, 0.3) is 0 Å². The molecular formula is C12H28N4OP+. The zero-order valence-corrected chi connectivity index (χ0v) is 12.5. The summed E-state index contributed by atoms with van der Waals surface area (Å²) in [5, 5.41) is 10.3. The molecule has 0 bridgehead atoms. The van der Waals surface area contributed by atoms with E-state index in [4.69, 9.17) is 0 Å². The third-order valence-corrected chi connectivity index (χ3v) is 4.59. The zero-order valence-electron chi connectivity index (χ0n) is 11.6. The lowest BCUT2D eigenvalue weighted by molar-refractivity contribution is 0.285. The van der Waals surface area contributed by atoms with Gasteiger partial charge in [0, 0.05) is 58.9 Å². The van der Waals surface area contributed by atoms with E-state index in [2.05, 4.69) is 20.9 Å². The summed E-state index contributed by atoms with van der Waals surface area (Å²) in [4.78, 5) is 2.41. The Labute approximate surface area is 112 Å². The van der Waals surface area contributed by atoms with Gasteiger partial charge < -0.3 is 16.0 Å². The molecule has 0 radical (unpaired) electrons. The maximum absolute atomic E-state index is 11.5. The van der Waals surface area contributed by atoms with E-state index in [0.29, 0.717) is 0 Å². The van der Waals surface area contributed by atoms with E-state index in [1.54, 1.807) is 0 Å². The largest absolute Gasteiger partial charge is 0.339 e. The second kappa shape index (κ2) is 10.8. The first-order valence-electron chi connectivity index (χ1n) is 7.09. The molecule has 0 aromatic carbocycles. The molecule has 1 saturated heterocycles. The summed E-state index contributed by atoms with van der Waals surface area (Å²) in [6.07, 6.45) is 1.65. The van der Waals surface area contributed by atoms with Gasteiger partial charge in [-0.05, 0) is 6.92 Å². The number of hydrogen-bond acceptors (Lipinski definition) is 5. The maximum Gasteiger partial charge on any atom is 0.339 e. The zero-order chi connectivity index (χ0) is 13.1. The lowest BCUT2D eigenvalue weighted by atomic mass is 10.4. The van der Waals surface area contributed by atoms with Crippen LogP contribution >= 0.6 is 7.80 Å². The van der Waals surface area contributed by atoms with Gasteiger partial charge in [0.2, 0.25) is 0 Å². The third-order valence-electron chi connectivity index (χ3n) is 3.19. The van der Waals surface area contributed by atoms with E-state index >= 15 is 0 Å². The maximum atomic E-state index is 11.5. The van der Waals surface area contributed by atoms with Crippen LogP contribution in [0.2, 0.25) is 0 Å². The predicted octanol–water partition coefficient (Wildman–Crippen LogP) is -0.0819. The van der Waals surface area contributed by atoms with Gasteiger partial charge in [0.05, 0.1) is 0 Å². The Morgan fingerprint density at radius 3 is 1.94 bits per heavy atom. The minimum absolute atomic E-state index is 0.811. The summed E-state index contributed by atoms with van der Waals surface area (Å²) in [6, 6.07) is 0. The average Bonchev–Trinajstić information content (AvgIpc) is 2.37. The van der Waals surface area contributed by atoms with Crippen molar-refractivity contribution in [3.05, 3.63) is 0 Å². The van der Waals surface area contributed by atoms with Crippen LogP contribution < -0.4 is 16.0 Å². The van der Waals surface area contributed by atoms with Crippen molar-refractivity contribution in [2.75, 3.05) is 71.2 Å². The molecule has 1 fully saturated rings. The fourth-order valence-corrected chi connectivity index (χ4v) is 2.77. The molecule has 3 N–H and O–H groups in total. The number of nitrogens with one attached hydrogen (secondary N) is 3. The van der Waals surface area contributed by atoms with Crippen LogP contribution in [0.3, 0.4) is 0 Å². The lowest BCUT2D eigenvalue weighted by Gasteiger charge is -2.22. The normalized spacial score (nSPS) is 21.9. The van der Waals surface area contributed by atoms with E-state index in [0.717, 1.165) is 71.2 Å². The Morgan fingerprint density at radius 1 is 0.944 bits per heavy atom. The van der Waals surface area contributed by atoms with Crippen molar-refractivity contribution in [3.8, 4) is 0 Å². The molecule has 0 aromatic heterocycles. The second-order valence-electron chi connectivity index (χ2n) is 4.61. The molecule has 0 spiro atoms. The Kier molecular flexibility index (Phi) is 9.62. The van der Waals surface area contributed by atoms with Gasteiger partial charge in [0.15, 0.2) is 6.16 Å². The van der Waals surface area contributed by atoms with E-state index in [9.17, 15) is 4.57 Å². The summed E-state index contributed by atoms with van der Waals surface area (Å²) in [5.74, 6) is 0. The number of hydrogen-bond donors (Lipinski definition) is 3. The molecule has 1 heterocycles. The summed E-state index contributed by atoms with van der Waals surface area (Å²) in [5.41, 5.74) is 0. The molecular weight excluding hydrogens is 247 g/mol. The summed E-state index contributed by atoms with van der Waals surface area (Å²) >= 11 is 0. The van der Waals surface area contributed by atoms with Crippen LogP contribution in [0.4, 0.5) is 0 Å². The van der Waals surface area contributed by atoms with Crippen LogP contribution in [0.5, 0.6) is 0 Å². The minimum Gasteiger partial charge on any atom is -0.314 e. The SMILES string of the molecule is CC[P+](=O)CCN1CCNCCNCCNCC1. The molecule has 0 amide bonds. The standard InChI is InChI=1S/C12H28N4OP/c1-2-18(17)12-11-16-9-7-14-5-3-13-4-6-15-8-10-16/h13-15H,2-12H2,1H3/q+1. The monoisotopic (exact) mass is 275 g/mol. The van der Waals surface area contributed by atoms with Gasteiger partial charge in [-0.1, -0.05) is 4.57 Å². The number of nitrogens with zero attached hydrogens (tertiary/aromatic N) is 1. The summed E-state index contributed by atoms with van der Waals surface area (Å²) in [6.45, 7) is 11.2. The van der Waals surface area contributed by atoms with E-state index in [-0.39, 0.29) is 0 Å². The lowest BCUT2D eigenvalue weighted by Crippen LogP contribution is -2.42. The summed E-state index contributed by atoms with van der Waals surface area (Å²) in [7, 11) is -0.982. The van der Waals surface area contributed by atoms with Gasteiger partial charge in [0.1, 0.15) is 6.16 Å². The molecule has 6 heteroatoms. The van der Waals surface area contributed by atoms with Gasteiger partial charge in [-0.3, -0.25) is 4.90 Å². The Bertz CT molecular complexity index is 216. The van der Waals surface area contributed by atoms with Crippen molar-refractivity contribution in [2.24, 2.45) is 0 Å². The first-order valence-corrected chi connectivity index (χ1v) is 8.72. The van der Waals surface area contributed by atoms with E-state index < -0.39 is 7.80 Å². The van der Waals surface area contributed by atoms with Crippen molar-refractivity contribution in [2.45, 2.75) is 6.92 Å². The van der Waals surface area contributed by atoms with Crippen molar-refractivity contribution in [3.63, 3.8) is 0 Å². The molecule has 1 atom stereocenters. The molecule has 1 aliphatic heterocycles. The van der Waals surface area contributed by atoms with Gasteiger partial charge in [0.25, 0.3) is 0 Å². The van der Waals surface area contributed by atoms with Gasteiger partial charge in [-0.15, -0.1) is 0 Å². The molecule has 1 aliphatic rings. The third kappa shape index (κ3) is 8.11. The molecule has 1 rings (SSSR count). The van der Waals surface area contributed by atoms with Crippen LogP contribution in [0.1, 0.15) is 6.92 Å². The first kappa shape index (κ1) is 16.0. The Morgan fingerprint density at radius 2 is 1.44 bits per heavy atom. The first-order chi connectivity index (χ1) is 8.83. The second-order valence-corrected chi connectivity index (χ2v) is 6.66. The van der Waals surface area contributed by atoms with E-state index in [1.807, 2.05) is 6.92 Å². The Balaban J connectivity index is 2.25. The topological polar surface area (TPSA) is 56.4 Å². The quantitative estimate of drug-likeness (QED) is 0.627. The fourth-order valence-electron chi connectivity index (χ4n) is 1.95. The highest BCUT2D eigenvalue weighted by Crippen LogP contribution is 2.18. The Hall–Kier alpha value is -0.0600. The van der Waals surface area contributed by atoms with Gasteiger partial charge in [-0.25, -0.2) is 0 Å². The summed E-state index contributed by atoms with van der Waals surface area (Å²) < 4.78 is 11.5. The van der Waals surface area contributed by atoms with E-state index in [1.165, 1.54) is 0 Å². The average molecular weight is 275 g/mol. The van der Waals surface area contributed by atoms with Crippen LogP contribution in [0.15, 0.2) is 0 Å². The van der Waals surface area contributed by atoms with Crippen molar-refractivity contribution >= 4 is 7.80 Å². The minimum atomic E-state index is -0.982. The molecule has 18 heavy (non-hydrogen) atoms. The van der Waals surface area contributed by atoms with Crippen LogP contribution in [0, 0.1) is 0 Å². The van der Waals surface area contributed by atoms with Crippen molar-refractivity contribution < 1.29 is 4.57 Å². The van der Waals surface area contributed by atoms with Crippen molar-refractivity contribution in [1.29, 1.82) is 0 Å². The van der Waals surface area contributed by atoms with Gasteiger partial charge >= 0.3 is 7.80 Å². The number of rotatable bonds is 4. The van der Waals surface area contributed by atoms with Crippen molar-refractivity contribution in [1.82, 2.24) is 20.9 Å². The molecule has 1 unspecified atom stereocenters.